The lowest BCUT2D eigenvalue weighted by atomic mass is 9.86. The van der Waals surface area contributed by atoms with E-state index in [4.69, 9.17) is 19.4 Å². The molecule has 0 spiro atoms. The number of nitrogens with zero attached hydrogens (tertiary/aromatic N) is 3. The minimum atomic E-state index is 0.138. The first-order valence-electron chi connectivity index (χ1n) is 13.4. The first kappa shape index (κ1) is 25.1. The van der Waals surface area contributed by atoms with Crippen molar-refractivity contribution in [2.75, 3.05) is 44.1 Å². The Morgan fingerprint density at radius 3 is 2.59 bits per heavy atom. The molecule has 2 aromatic carbocycles. The Labute approximate surface area is 218 Å². The van der Waals surface area contributed by atoms with Crippen LogP contribution in [0.4, 0.5) is 11.8 Å². The molecule has 196 valence electrons. The SMILES string of the molecule is CN(C)c1nc(N[C@H]2CC[C@@H](CNC(=O)CCCc3ccc4c(c3)OCCO4)CC2)nc2ccccc12. The molecule has 2 N–H and O–H groups in total. The van der Waals surface area contributed by atoms with E-state index in [1.165, 1.54) is 5.56 Å². The van der Waals surface area contributed by atoms with Gasteiger partial charge in [0.25, 0.3) is 0 Å². The molecule has 1 aliphatic heterocycles. The lowest BCUT2D eigenvalue weighted by Crippen LogP contribution is -2.34. The monoisotopic (exact) mass is 503 g/mol. The van der Waals surface area contributed by atoms with Crippen molar-refractivity contribution in [1.29, 1.82) is 0 Å². The van der Waals surface area contributed by atoms with Crippen LogP contribution in [0.3, 0.4) is 0 Å². The van der Waals surface area contributed by atoms with E-state index in [-0.39, 0.29) is 5.91 Å². The smallest absolute Gasteiger partial charge is 0.225 e. The first-order chi connectivity index (χ1) is 18.0. The highest BCUT2D eigenvalue weighted by Crippen LogP contribution is 2.31. The molecule has 3 aromatic rings. The predicted molar refractivity (Wildman–Crippen MR) is 147 cm³/mol. The zero-order chi connectivity index (χ0) is 25.6. The molecule has 1 aliphatic carbocycles. The summed E-state index contributed by atoms with van der Waals surface area (Å²) in [6.07, 6.45) is 6.50. The van der Waals surface area contributed by atoms with E-state index in [1.807, 2.05) is 49.3 Å². The summed E-state index contributed by atoms with van der Waals surface area (Å²) in [5, 5.41) is 7.78. The van der Waals surface area contributed by atoms with Crippen LogP contribution in [0.2, 0.25) is 0 Å². The van der Waals surface area contributed by atoms with Crippen LogP contribution >= 0.6 is 0 Å². The summed E-state index contributed by atoms with van der Waals surface area (Å²) in [6.45, 7) is 1.94. The number of hydrogen-bond acceptors (Lipinski definition) is 7. The molecule has 2 heterocycles. The van der Waals surface area contributed by atoms with Crippen molar-refractivity contribution in [3.05, 3.63) is 48.0 Å². The van der Waals surface area contributed by atoms with Gasteiger partial charge in [0, 0.05) is 38.5 Å². The van der Waals surface area contributed by atoms with Crippen LogP contribution in [0.15, 0.2) is 42.5 Å². The highest BCUT2D eigenvalue weighted by Gasteiger charge is 2.23. The Morgan fingerprint density at radius 1 is 1.00 bits per heavy atom. The Morgan fingerprint density at radius 2 is 1.78 bits per heavy atom. The molecule has 8 heteroatoms. The summed E-state index contributed by atoms with van der Waals surface area (Å²) in [6, 6.07) is 14.5. The Bertz CT molecular complexity index is 1220. The molecular weight excluding hydrogens is 466 g/mol. The number of para-hydroxylation sites is 1. The largest absolute Gasteiger partial charge is 0.486 e. The van der Waals surface area contributed by atoms with Gasteiger partial charge in [-0.25, -0.2) is 4.98 Å². The zero-order valence-electron chi connectivity index (χ0n) is 21.8. The highest BCUT2D eigenvalue weighted by molar-refractivity contribution is 5.90. The molecule has 1 saturated carbocycles. The van der Waals surface area contributed by atoms with Gasteiger partial charge in [-0.3, -0.25) is 4.79 Å². The normalized spacial score (nSPS) is 18.9. The molecule has 0 atom stereocenters. The summed E-state index contributed by atoms with van der Waals surface area (Å²) in [5.41, 5.74) is 2.13. The third-order valence-corrected chi connectivity index (χ3v) is 7.25. The summed E-state index contributed by atoms with van der Waals surface area (Å²) >= 11 is 0. The van der Waals surface area contributed by atoms with Crippen LogP contribution < -0.4 is 25.0 Å². The Hall–Kier alpha value is -3.55. The molecule has 0 unspecified atom stereocenters. The van der Waals surface area contributed by atoms with Crippen LogP contribution in [-0.4, -0.2) is 55.8 Å². The quantitative estimate of drug-likeness (QED) is 0.442. The zero-order valence-corrected chi connectivity index (χ0v) is 21.8. The van der Waals surface area contributed by atoms with Gasteiger partial charge in [0.2, 0.25) is 11.9 Å². The van der Waals surface area contributed by atoms with E-state index in [0.29, 0.717) is 37.5 Å². The van der Waals surface area contributed by atoms with Gasteiger partial charge in [0.05, 0.1) is 5.52 Å². The molecule has 0 radical (unpaired) electrons. The molecule has 1 fully saturated rings. The molecule has 37 heavy (non-hydrogen) atoms. The van der Waals surface area contributed by atoms with E-state index in [0.717, 1.165) is 73.3 Å². The van der Waals surface area contributed by atoms with Crippen LogP contribution in [0, 0.1) is 5.92 Å². The fraction of sp³-hybridized carbons (Fsp3) is 0.483. The van der Waals surface area contributed by atoms with Gasteiger partial charge >= 0.3 is 0 Å². The number of nitrogens with one attached hydrogen (secondary N) is 2. The van der Waals surface area contributed by atoms with Crippen molar-refractivity contribution in [2.24, 2.45) is 5.92 Å². The third-order valence-electron chi connectivity index (χ3n) is 7.25. The predicted octanol–water partition coefficient (Wildman–Crippen LogP) is 4.58. The molecule has 0 bridgehead atoms. The van der Waals surface area contributed by atoms with Crippen molar-refractivity contribution in [3.8, 4) is 11.5 Å². The van der Waals surface area contributed by atoms with Gasteiger partial charge in [-0.1, -0.05) is 18.2 Å². The van der Waals surface area contributed by atoms with Crippen molar-refractivity contribution in [3.63, 3.8) is 0 Å². The highest BCUT2D eigenvalue weighted by atomic mass is 16.6. The molecule has 2 aliphatic rings. The number of fused-ring (bicyclic) bond motifs is 2. The number of benzene rings is 2. The molecule has 1 amide bonds. The maximum atomic E-state index is 12.4. The van der Waals surface area contributed by atoms with Crippen LogP contribution in [0.5, 0.6) is 11.5 Å². The fourth-order valence-electron chi connectivity index (χ4n) is 5.20. The average Bonchev–Trinajstić information content (AvgIpc) is 2.92. The van der Waals surface area contributed by atoms with E-state index >= 15 is 0 Å². The standard InChI is InChI=1S/C29H37N5O3/c1-34(2)28-23-7-3-4-8-24(23)32-29(33-28)31-22-13-10-21(11-14-22)19-30-27(35)9-5-6-20-12-15-25-26(18-20)37-17-16-36-25/h3-4,7-8,12,15,18,21-22H,5-6,9-11,13-14,16-17,19H2,1-2H3,(H,30,35)(H,31,32,33)/t21-,22+. The topological polar surface area (TPSA) is 88.6 Å². The molecular formula is C29H37N5O3. The number of carbonyl (C=O) groups excluding carboxylic acids is 1. The van der Waals surface area contributed by atoms with Crippen LogP contribution in [0.25, 0.3) is 10.9 Å². The van der Waals surface area contributed by atoms with Crippen molar-refractivity contribution in [2.45, 2.75) is 51.0 Å². The van der Waals surface area contributed by atoms with Crippen molar-refractivity contribution in [1.82, 2.24) is 15.3 Å². The van der Waals surface area contributed by atoms with E-state index in [1.54, 1.807) is 0 Å². The molecule has 1 aromatic heterocycles. The van der Waals surface area contributed by atoms with Crippen LogP contribution in [-0.2, 0) is 11.2 Å². The maximum absolute atomic E-state index is 12.4. The Balaban J connectivity index is 1.03. The van der Waals surface area contributed by atoms with Gasteiger partial charge < -0.3 is 25.0 Å². The van der Waals surface area contributed by atoms with Gasteiger partial charge in [-0.15, -0.1) is 0 Å². The van der Waals surface area contributed by atoms with E-state index < -0.39 is 0 Å². The number of aromatic nitrogens is 2. The summed E-state index contributed by atoms with van der Waals surface area (Å²) in [4.78, 5) is 24.0. The number of rotatable bonds is 9. The second kappa shape index (κ2) is 11.7. The minimum absolute atomic E-state index is 0.138. The minimum Gasteiger partial charge on any atom is -0.486 e. The second-order valence-electron chi connectivity index (χ2n) is 10.3. The van der Waals surface area contributed by atoms with Gasteiger partial charge in [0.15, 0.2) is 11.5 Å². The number of carbonyl (C=O) groups is 1. The number of ether oxygens (including phenoxy) is 2. The summed E-state index contributed by atoms with van der Waals surface area (Å²) in [7, 11) is 4.02. The van der Waals surface area contributed by atoms with Gasteiger partial charge in [-0.05, 0) is 74.3 Å². The average molecular weight is 504 g/mol. The lowest BCUT2D eigenvalue weighted by Gasteiger charge is -2.29. The number of hydrogen-bond donors (Lipinski definition) is 2. The fourth-order valence-corrected chi connectivity index (χ4v) is 5.20. The summed E-state index contributed by atoms with van der Waals surface area (Å²) in [5.74, 6) is 3.90. The van der Waals surface area contributed by atoms with E-state index in [2.05, 4.69) is 22.8 Å². The second-order valence-corrected chi connectivity index (χ2v) is 10.3. The Kier molecular flexibility index (Phi) is 7.92. The van der Waals surface area contributed by atoms with Gasteiger partial charge in [-0.2, -0.15) is 4.98 Å². The first-order valence-corrected chi connectivity index (χ1v) is 13.4. The van der Waals surface area contributed by atoms with Gasteiger partial charge in [0.1, 0.15) is 19.0 Å². The van der Waals surface area contributed by atoms with Crippen molar-refractivity contribution < 1.29 is 14.3 Å². The maximum Gasteiger partial charge on any atom is 0.225 e. The molecule has 0 saturated heterocycles. The number of aryl methyl sites for hydroxylation is 1. The number of anilines is 2. The lowest BCUT2D eigenvalue weighted by molar-refractivity contribution is -0.121. The molecule has 8 nitrogen and oxygen atoms in total. The molecule has 5 rings (SSSR count). The van der Waals surface area contributed by atoms with E-state index in [9.17, 15) is 4.79 Å². The van der Waals surface area contributed by atoms with Crippen molar-refractivity contribution >= 4 is 28.6 Å². The van der Waals surface area contributed by atoms with Crippen LogP contribution in [0.1, 0.15) is 44.1 Å². The number of amides is 1. The third kappa shape index (κ3) is 6.42. The summed E-state index contributed by atoms with van der Waals surface area (Å²) < 4.78 is 11.2.